The molecule has 0 bridgehead atoms. The number of hydrogen-bond donors (Lipinski definition) is 0. The molecule has 0 spiro atoms. The van der Waals surface area contributed by atoms with Crippen LogP contribution in [0.5, 0.6) is 0 Å². The first-order valence-corrected chi connectivity index (χ1v) is 19.6. The molecule has 9 aromatic carbocycles. The van der Waals surface area contributed by atoms with Crippen LogP contribution in [0.25, 0.3) is 105 Å². The Balaban J connectivity index is 0.988. The van der Waals surface area contributed by atoms with Gasteiger partial charge in [-0.25, -0.2) is 0 Å². The number of para-hydroxylation sites is 4. The summed E-state index contributed by atoms with van der Waals surface area (Å²) >= 11 is 0. The highest BCUT2D eigenvalue weighted by Crippen LogP contribution is 2.39. The Morgan fingerprint density at radius 3 is 1.02 bits per heavy atom. The van der Waals surface area contributed by atoms with Crippen molar-refractivity contribution in [1.82, 2.24) is 13.7 Å². The zero-order chi connectivity index (χ0) is 37.5. The number of benzene rings is 9. The van der Waals surface area contributed by atoms with E-state index in [9.17, 15) is 0 Å². The summed E-state index contributed by atoms with van der Waals surface area (Å²) in [5.41, 5.74) is 15.5. The highest BCUT2D eigenvalue weighted by atomic mass is 15.0. The zero-order valence-corrected chi connectivity index (χ0v) is 31.0. The van der Waals surface area contributed by atoms with Crippen molar-refractivity contribution in [3.63, 3.8) is 0 Å². The van der Waals surface area contributed by atoms with Crippen LogP contribution in [0.2, 0.25) is 0 Å². The average molecular weight is 726 g/mol. The van der Waals surface area contributed by atoms with Crippen molar-refractivity contribution in [2.45, 2.75) is 0 Å². The third-order valence-electron chi connectivity index (χ3n) is 11.8. The molecule has 0 saturated carbocycles. The Bertz CT molecular complexity index is 3450. The van der Waals surface area contributed by atoms with Crippen molar-refractivity contribution in [2.24, 2.45) is 0 Å². The second kappa shape index (κ2) is 12.5. The molecule has 0 fully saturated rings. The molecule has 12 aromatic rings. The standard InChI is InChI=1S/C54H35N3/c1-2-13-36(14-3-1)37-25-29-40(30-26-37)55-51-23-10-6-19-45(51)47-33-38(27-31-53(47)55)39-28-32-54-48(34-39)46-20-7-11-24-52(46)57(54)42-16-12-15-41(35-42)56-49-21-8-4-17-43(49)44-18-5-9-22-50(44)56/h1-35H. The van der Waals surface area contributed by atoms with E-state index in [4.69, 9.17) is 0 Å². The fourth-order valence-electron chi connectivity index (χ4n) is 9.27. The third kappa shape index (κ3) is 4.86. The van der Waals surface area contributed by atoms with Gasteiger partial charge in [0, 0.05) is 49.4 Å². The van der Waals surface area contributed by atoms with Gasteiger partial charge in [0.15, 0.2) is 0 Å². The minimum atomic E-state index is 1.14. The van der Waals surface area contributed by atoms with E-state index >= 15 is 0 Å². The van der Waals surface area contributed by atoms with Crippen LogP contribution in [0.4, 0.5) is 0 Å². The predicted molar refractivity (Wildman–Crippen MR) is 240 cm³/mol. The average Bonchev–Trinajstić information content (AvgIpc) is 3.92. The Morgan fingerprint density at radius 1 is 0.193 bits per heavy atom. The molecule has 0 radical (unpaired) electrons. The second-order valence-electron chi connectivity index (χ2n) is 15.0. The van der Waals surface area contributed by atoms with Gasteiger partial charge in [-0.1, -0.05) is 133 Å². The van der Waals surface area contributed by atoms with E-state index < -0.39 is 0 Å². The van der Waals surface area contributed by atoms with E-state index in [0.717, 1.165) is 17.1 Å². The van der Waals surface area contributed by atoms with Gasteiger partial charge in [0.1, 0.15) is 0 Å². The number of hydrogen-bond acceptors (Lipinski definition) is 0. The van der Waals surface area contributed by atoms with E-state index in [0.29, 0.717) is 0 Å². The molecule has 0 unspecified atom stereocenters. The van der Waals surface area contributed by atoms with Crippen LogP contribution in [-0.2, 0) is 0 Å². The maximum Gasteiger partial charge on any atom is 0.0541 e. The van der Waals surface area contributed by atoms with Gasteiger partial charge in [0.05, 0.1) is 33.1 Å². The fourth-order valence-corrected chi connectivity index (χ4v) is 9.27. The molecule has 0 atom stereocenters. The smallest absolute Gasteiger partial charge is 0.0541 e. The van der Waals surface area contributed by atoms with Crippen molar-refractivity contribution < 1.29 is 0 Å². The lowest BCUT2D eigenvalue weighted by molar-refractivity contribution is 1.13. The molecule has 3 nitrogen and oxygen atoms in total. The van der Waals surface area contributed by atoms with E-state index in [-0.39, 0.29) is 0 Å². The largest absolute Gasteiger partial charge is 0.309 e. The molecule has 3 heterocycles. The second-order valence-corrected chi connectivity index (χ2v) is 15.0. The zero-order valence-electron chi connectivity index (χ0n) is 31.0. The molecule has 3 aromatic heterocycles. The van der Waals surface area contributed by atoms with Gasteiger partial charge in [-0.3, -0.25) is 0 Å². The third-order valence-corrected chi connectivity index (χ3v) is 11.8. The molecule has 0 N–H and O–H groups in total. The van der Waals surface area contributed by atoms with Crippen molar-refractivity contribution in [3.8, 4) is 39.3 Å². The van der Waals surface area contributed by atoms with Gasteiger partial charge in [0.25, 0.3) is 0 Å². The molecule has 0 aliphatic carbocycles. The maximum absolute atomic E-state index is 2.42. The molecule has 12 rings (SSSR count). The molecular formula is C54H35N3. The summed E-state index contributed by atoms with van der Waals surface area (Å²) in [6.07, 6.45) is 0. The van der Waals surface area contributed by atoms with Crippen molar-refractivity contribution >= 4 is 65.4 Å². The quantitative estimate of drug-likeness (QED) is 0.168. The summed E-state index contributed by atoms with van der Waals surface area (Å²) in [6.45, 7) is 0. The maximum atomic E-state index is 2.42. The normalized spacial score (nSPS) is 11.9. The number of aromatic nitrogens is 3. The van der Waals surface area contributed by atoms with E-state index in [1.165, 1.54) is 87.7 Å². The van der Waals surface area contributed by atoms with Crippen molar-refractivity contribution in [2.75, 3.05) is 0 Å². The fraction of sp³-hybridized carbons (Fsp3) is 0. The topological polar surface area (TPSA) is 14.8 Å². The summed E-state index contributed by atoms with van der Waals surface area (Å²) < 4.78 is 7.21. The van der Waals surface area contributed by atoms with Crippen LogP contribution in [0.1, 0.15) is 0 Å². The number of fused-ring (bicyclic) bond motifs is 9. The first kappa shape index (κ1) is 31.7. The Kier molecular flexibility index (Phi) is 6.93. The Morgan fingerprint density at radius 2 is 0.544 bits per heavy atom. The molecule has 3 heteroatoms. The van der Waals surface area contributed by atoms with Gasteiger partial charge in [-0.2, -0.15) is 0 Å². The monoisotopic (exact) mass is 725 g/mol. The molecule has 266 valence electrons. The van der Waals surface area contributed by atoms with E-state index in [1.807, 2.05) is 0 Å². The first-order valence-electron chi connectivity index (χ1n) is 19.6. The minimum absolute atomic E-state index is 1.14. The van der Waals surface area contributed by atoms with Gasteiger partial charge in [-0.15, -0.1) is 0 Å². The molecular weight excluding hydrogens is 691 g/mol. The SMILES string of the molecule is c1ccc(-c2ccc(-n3c4ccccc4c4cc(-c5ccc6c(c5)c5ccccc5n6-c5cccc(-n6c7ccccc7c7ccccc76)c5)ccc43)cc2)cc1. The van der Waals surface area contributed by atoms with Crippen LogP contribution in [0.15, 0.2) is 212 Å². The predicted octanol–water partition coefficient (Wildman–Crippen LogP) is 14.3. The first-order chi connectivity index (χ1) is 28.3. The summed E-state index contributed by atoms with van der Waals surface area (Å²) in [7, 11) is 0. The molecule has 0 amide bonds. The molecule has 0 saturated heterocycles. The van der Waals surface area contributed by atoms with Crippen LogP contribution < -0.4 is 0 Å². The van der Waals surface area contributed by atoms with Crippen molar-refractivity contribution in [1.29, 1.82) is 0 Å². The lowest BCUT2D eigenvalue weighted by Gasteiger charge is -2.13. The highest BCUT2D eigenvalue weighted by molar-refractivity contribution is 6.13. The number of rotatable bonds is 5. The van der Waals surface area contributed by atoms with Crippen LogP contribution in [0, 0.1) is 0 Å². The molecule has 0 aliphatic rings. The van der Waals surface area contributed by atoms with Crippen LogP contribution in [-0.4, -0.2) is 13.7 Å². The van der Waals surface area contributed by atoms with Gasteiger partial charge < -0.3 is 13.7 Å². The van der Waals surface area contributed by atoms with Crippen molar-refractivity contribution in [3.05, 3.63) is 212 Å². The Hall–Kier alpha value is -7.62. The van der Waals surface area contributed by atoms with Gasteiger partial charge >= 0.3 is 0 Å². The van der Waals surface area contributed by atoms with Gasteiger partial charge in [0.2, 0.25) is 0 Å². The summed E-state index contributed by atoms with van der Waals surface area (Å²) in [6, 6.07) is 77.4. The van der Waals surface area contributed by atoms with E-state index in [2.05, 4.69) is 226 Å². The summed E-state index contributed by atoms with van der Waals surface area (Å²) in [5, 5.41) is 7.52. The van der Waals surface area contributed by atoms with E-state index in [1.54, 1.807) is 0 Å². The van der Waals surface area contributed by atoms with Crippen LogP contribution in [0.3, 0.4) is 0 Å². The number of nitrogens with zero attached hydrogens (tertiary/aromatic N) is 3. The lowest BCUT2D eigenvalue weighted by Crippen LogP contribution is -1.98. The molecule has 57 heavy (non-hydrogen) atoms. The van der Waals surface area contributed by atoms with Crippen LogP contribution >= 0.6 is 0 Å². The lowest BCUT2D eigenvalue weighted by atomic mass is 10.0. The molecule has 0 aliphatic heterocycles. The summed E-state index contributed by atoms with van der Waals surface area (Å²) in [5.74, 6) is 0. The van der Waals surface area contributed by atoms with Gasteiger partial charge in [-0.05, 0) is 101 Å². The summed E-state index contributed by atoms with van der Waals surface area (Å²) in [4.78, 5) is 0. The Labute approximate surface area is 329 Å². The minimum Gasteiger partial charge on any atom is -0.309 e. The highest BCUT2D eigenvalue weighted by Gasteiger charge is 2.18.